The maximum absolute atomic E-state index is 13.1. The summed E-state index contributed by atoms with van der Waals surface area (Å²) in [7, 11) is -3.62. The molecule has 0 bridgehead atoms. The first-order chi connectivity index (χ1) is 21.3. The summed E-state index contributed by atoms with van der Waals surface area (Å²) in [6, 6.07) is 10.2. The van der Waals surface area contributed by atoms with Crippen molar-refractivity contribution in [3.8, 4) is 11.5 Å². The monoisotopic (exact) mass is 688 g/mol. The first-order valence-corrected chi connectivity index (χ1v) is 16.1. The quantitative estimate of drug-likeness (QED) is 0.132. The highest BCUT2D eigenvalue weighted by atomic mass is 35.5. The maximum atomic E-state index is 13.1. The minimum absolute atomic E-state index is 0.00352. The van der Waals surface area contributed by atoms with Crippen molar-refractivity contribution in [2.75, 3.05) is 24.2 Å². The highest BCUT2D eigenvalue weighted by molar-refractivity contribution is 7.92. The van der Waals surface area contributed by atoms with Crippen LogP contribution in [0.4, 0.5) is 14.5 Å². The zero-order chi connectivity index (χ0) is 32.7. The molecule has 1 heterocycles. The highest BCUT2D eigenvalue weighted by Crippen LogP contribution is 2.37. The fourth-order valence-corrected chi connectivity index (χ4v) is 5.37. The molecule has 0 amide bonds. The molecule has 0 spiro atoms. The van der Waals surface area contributed by atoms with Gasteiger partial charge in [0.15, 0.2) is 30.5 Å². The van der Waals surface area contributed by atoms with E-state index in [-0.39, 0.29) is 63.7 Å². The molecule has 0 unspecified atom stereocenters. The molecule has 0 aliphatic heterocycles. The maximum Gasteiger partial charge on any atom is 0.387 e. The number of rotatable bonds is 15. The van der Waals surface area contributed by atoms with Gasteiger partial charge in [0.05, 0.1) is 25.0 Å². The van der Waals surface area contributed by atoms with Crippen LogP contribution in [-0.4, -0.2) is 46.4 Å². The molecule has 3 aromatic rings. The highest BCUT2D eigenvalue weighted by Gasteiger charge is 2.27. The van der Waals surface area contributed by atoms with E-state index >= 15 is 0 Å². The molecular formula is C29H28Cl2F2N2O9S. The number of alkyl halides is 2. The molecule has 11 nitrogen and oxygen atoms in total. The molecule has 1 aliphatic carbocycles. The van der Waals surface area contributed by atoms with Crippen LogP contribution in [0.25, 0.3) is 0 Å². The number of sulfonamides is 1. The number of aromatic nitrogens is 1. The molecule has 1 atom stereocenters. The molecule has 0 saturated heterocycles. The summed E-state index contributed by atoms with van der Waals surface area (Å²) in [4.78, 5) is 25.4. The Hall–Kier alpha value is -3.88. The zero-order valence-corrected chi connectivity index (χ0v) is 26.0. The second-order valence-electron chi connectivity index (χ2n) is 10.2. The lowest BCUT2D eigenvalue weighted by Gasteiger charge is -2.21. The third-order valence-corrected chi connectivity index (χ3v) is 7.69. The van der Waals surface area contributed by atoms with E-state index in [2.05, 4.69) is 9.46 Å². The lowest BCUT2D eigenvalue weighted by molar-refractivity contribution is -0.605. The van der Waals surface area contributed by atoms with E-state index in [1.165, 1.54) is 30.3 Å². The normalized spacial score (nSPS) is 13.6. The predicted molar refractivity (Wildman–Crippen MR) is 159 cm³/mol. The van der Waals surface area contributed by atoms with Crippen LogP contribution < -0.4 is 18.9 Å². The number of halogens is 4. The van der Waals surface area contributed by atoms with E-state index in [0.29, 0.717) is 10.3 Å². The summed E-state index contributed by atoms with van der Waals surface area (Å²) < 4.78 is 73.2. The van der Waals surface area contributed by atoms with Gasteiger partial charge in [0, 0.05) is 12.0 Å². The Kier molecular flexibility index (Phi) is 11.3. The van der Waals surface area contributed by atoms with Gasteiger partial charge in [-0.2, -0.15) is 13.5 Å². The Morgan fingerprint density at radius 1 is 1.07 bits per heavy atom. The van der Waals surface area contributed by atoms with Gasteiger partial charge in [-0.05, 0) is 48.1 Å². The van der Waals surface area contributed by atoms with Crippen LogP contribution in [0.2, 0.25) is 10.0 Å². The third kappa shape index (κ3) is 10.6. The fourth-order valence-electron chi connectivity index (χ4n) is 4.17. The Balaban J connectivity index is 1.52. The SMILES string of the molecule is CS(=O)(=O)Nc1ccccc1CC(=O)OCC(=O)O[C@@H](Cc1c(Cl)c[n+]([O-])cc1Cl)c1ccc(OC(F)F)c(OCC2CC2)c1. The molecule has 1 fully saturated rings. The zero-order valence-electron chi connectivity index (χ0n) is 23.7. The van der Waals surface area contributed by atoms with Crippen molar-refractivity contribution in [2.45, 2.75) is 38.4 Å². The third-order valence-electron chi connectivity index (χ3n) is 6.45. The minimum Gasteiger partial charge on any atom is -0.619 e. The van der Waals surface area contributed by atoms with Gasteiger partial charge in [-0.3, -0.25) is 9.52 Å². The summed E-state index contributed by atoms with van der Waals surface area (Å²) in [5.74, 6) is -1.76. The van der Waals surface area contributed by atoms with Gasteiger partial charge in [0.2, 0.25) is 10.0 Å². The van der Waals surface area contributed by atoms with E-state index in [1.54, 1.807) is 12.1 Å². The minimum atomic E-state index is -3.62. The number of nitrogens with zero attached hydrogens (tertiary/aromatic N) is 1. The largest absolute Gasteiger partial charge is 0.619 e. The first-order valence-electron chi connectivity index (χ1n) is 13.5. The number of anilines is 1. The number of carbonyl (C=O) groups is 2. The van der Waals surface area contributed by atoms with Crippen LogP contribution in [0, 0.1) is 11.1 Å². The number of carbonyl (C=O) groups excluding carboxylic acids is 2. The van der Waals surface area contributed by atoms with Crippen molar-refractivity contribution in [1.29, 1.82) is 0 Å². The number of esters is 2. The average molecular weight is 690 g/mol. The number of ether oxygens (including phenoxy) is 4. The van der Waals surface area contributed by atoms with E-state index in [0.717, 1.165) is 31.5 Å². The van der Waals surface area contributed by atoms with E-state index in [9.17, 15) is 32.0 Å². The molecule has 2 aromatic carbocycles. The summed E-state index contributed by atoms with van der Waals surface area (Å²) in [6.07, 6.45) is 3.30. The molecule has 1 saturated carbocycles. The number of benzene rings is 2. The van der Waals surface area contributed by atoms with Crippen molar-refractivity contribution in [1.82, 2.24) is 0 Å². The van der Waals surface area contributed by atoms with Gasteiger partial charge in [-0.1, -0.05) is 47.5 Å². The van der Waals surface area contributed by atoms with Crippen LogP contribution in [0.1, 0.15) is 35.6 Å². The topological polar surface area (TPSA) is 144 Å². The van der Waals surface area contributed by atoms with Gasteiger partial charge < -0.3 is 24.2 Å². The summed E-state index contributed by atoms with van der Waals surface area (Å²) in [5.41, 5.74) is 1.03. The van der Waals surface area contributed by atoms with Crippen LogP contribution in [0.5, 0.6) is 11.5 Å². The van der Waals surface area contributed by atoms with Gasteiger partial charge >= 0.3 is 18.6 Å². The number of pyridine rings is 1. The van der Waals surface area contributed by atoms with Crippen molar-refractivity contribution < 1.29 is 50.5 Å². The molecule has 16 heteroatoms. The van der Waals surface area contributed by atoms with Crippen molar-refractivity contribution in [2.24, 2.45) is 5.92 Å². The molecule has 4 rings (SSSR count). The van der Waals surface area contributed by atoms with Gasteiger partial charge in [0.25, 0.3) is 0 Å². The predicted octanol–water partition coefficient (Wildman–Crippen LogP) is 5.00. The number of hydrogen-bond donors (Lipinski definition) is 1. The second kappa shape index (κ2) is 14.9. The molecule has 0 radical (unpaired) electrons. The summed E-state index contributed by atoms with van der Waals surface area (Å²) in [5, 5.41) is 11.7. The van der Waals surface area contributed by atoms with Crippen molar-refractivity contribution in [3.05, 3.63) is 86.8 Å². The van der Waals surface area contributed by atoms with Crippen LogP contribution in [-0.2, 0) is 41.9 Å². The summed E-state index contributed by atoms with van der Waals surface area (Å²) >= 11 is 12.5. The van der Waals surface area contributed by atoms with Gasteiger partial charge in [0.1, 0.15) is 16.1 Å². The Morgan fingerprint density at radius 2 is 1.76 bits per heavy atom. The Morgan fingerprint density at radius 3 is 2.40 bits per heavy atom. The summed E-state index contributed by atoms with van der Waals surface area (Å²) in [6.45, 7) is -3.66. The average Bonchev–Trinajstić information content (AvgIpc) is 3.77. The fraction of sp³-hybridized carbons (Fsp3) is 0.345. The lowest BCUT2D eigenvalue weighted by Crippen LogP contribution is -2.26. The molecule has 45 heavy (non-hydrogen) atoms. The Bertz CT molecular complexity index is 1630. The van der Waals surface area contributed by atoms with E-state index in [1.807, 2.05) is 0 Å². The number of para-hydroxylation sites is 1. The van der Waals surface area contributed by atoms with Crippen LogP contribution in [0.3, 0.4) is 0 Å². The molecule has 1 N–H and O–H groups in total. The molecular weight excluding hydrogens is 661 g/mol. The van der Waals surface area contributed by atoms with Crippen LogP contribution >= 0.6 is 23.2 Å². The lowest BCUT2D eigenvalue weighted by atomic mass is 10.0. The molecule has 242 valence electrons. The van der Waals surface area contributed by atoms with Crippen LogP contribution in [0.15, 0.2) is 54.9 Å². The smallest absolute Gasteiger partial charge is 0.387 e. The van der Waals surface area contributed by atoms with Crippen molar-refractivity contribution in [3.63, 3.8) is 0 Å². The Labute approximate surface area is 267 Å². The molecule has 1 aromatic heterocycles. The van der Waals surface area contributed by atoms with Gasteiger partial charge in [-0.25, -0.2) is 13.2 Å². The second-order valence-corrected chi connectivity index (χ2v) is 12.7. The van der Waals surface area contributed by atoms with E-state index in [4.69, 9.17) is 37.4 Å². The standard InChI is InChI=1S/C29H28Cl2F2N2O9S/c1-45(39,40)34-23-5-3-2-4-18(23)11-27(36)42-16-28(37)43-25(12-20-21(30)13-35(38)14-22(20)31)19-8-9-24(44-29(32)33)26(10-19)41-15-17-6-7-17/h2-5,8-10,13-14,17,25,29,34H,6-7,11-12,15-16H2,1H3/t25-/m0/s1. The van der Waals surface area contributed by atoms with E-state index < -0.39 is 41.3 Å². The number of hydrogen-bond acceptors (Lipinski definition) is 9. The van der Waals surface area contributed by atoms with Crippen molar-refractivity contribution >= 4 is 50.9 Å². The molecule has 1 aliphatic rings. The van der Waals surface area contributed by atoms with Gasteiger partial charge in [-0.15, -0.1) is 0 Å². The number of nitrogens with one attached hydrogen (secondary N) is 1. The first kappa shape index (κ1) is 34.0.